The van der Waals surface area contributed by atoms with Gasteiger partial charge < -0.3 is 5.32 Å². The number of imide groups is 1. The van der Waals surface area contributed by atoms with Crippen LogP contribution in [0.1, 0.15) is 6.92 Å². The van der Waals surface area contributed by atoms with Crippen molar-refractivity contribution in [1.82, 2.24) is 20.8 Å². The lowest BCUT2D eigenvalue weighted by molar-refractivity contribution is -0.124. The van der Waals surface area contributed by atoms with E-state index in [4.69, 9.17) is 0 Å². The van der Waals surface area contributed by atoms with Gasteiger partial charge in [0, 0.05) is 0 Å². The van der Waals surface area contributed by atoms with E-state index in [1.807, 2.05) is 5.32 Å². The first-order chi connectivity index (χ1) is 8.78. The second-order valence-electron chi connectivity index (χ2n) is 3.25. The lowest BCUT2D eigenvalue weighted by Crippen LogP contribution is -2.45. The number of alkyl halides is 3. The molecular formula is C8H9F3N4O2S2. The maximum atomic E-state index is 11.8. The molecule has 11 heteroatoms. The fraction of sp³-hybridized carbons (Fsp3) is 0.500. The van der Waals surface area contributed by atoms with Crippen LogP contribution in [0, 0.1) is 0 Å². The Labute approximate surface area is 114 Å². The Bertz CT molecular complexity index is 438. The third-order valence-electron chi connectivity index (χ3n) is 1.67. The van der Waals surface area contributed by atoms with Crippen LogP contribution in [0.5, 0.6) is 0 Å². The van der Waals surface area contributed by atoms with E-state index in [1.165, 1.54) is 29.1 Å². The summed E-state index contributed by atoms with van der Waals surface area (Å²) >= 11 is 2.27. The molecule has 0 aliphatic carbocycles. The van der Waals surface area contributed by atoms with E-state index >= 15 is 0 Å². The Kier molecular flexibility index (Phi) is 5.54. The minimum atomic E-state index is -4.52. The van der Waals surface area contributed by atoms with Gasteiger partial charge in [-0.15, -0.1) is 10.2 Å². The second kappa shape index (κ2) is 6.70. The molecule has 6 nitrogen and oxygen atoms in total. The zero-order valence-electron chi connectivity index (χ0n) is 9.52. The fourth-order valence-electron chi connectivity index (χ4n) is 0.857. The highest BCUT2D eigenvalue weighted by Crippen LogP contribution is 2.23. The average Bonchev–Trinajstić information content (AvgIpc) is 2.78. The van der Waals surface area contributed by atoms with Crippen molar-refractivity contribution in [3.63, 3.8) is 0 Å². The Morgan fingerprint density at radius 1 is 1.53 bits per heavy atom. The summed E-state index contributed by atoms with van der Waals surface area (Å²) in [4.78, 5) is 22.5. The molecule has 0 aliphatic heterocycles. The summed E-state index contributed by atoms with van der Waals surface area (Å²) in [6.45, 7) is 0.00246. The third kappa shape index (κ3) is 6.38. The molecule has 1 atom stereocenters. The molecule has 0 aliphatic rings. The largest absolute Gasteiger partial charge is 0.405 e. The third-order valence-corrected chi connectivity index (χ3v) is 3.58. The molecule has 0 unspecified atom stereocenters. The van der Waals surface area contributed by atoms with Gasteiger partial charge in [-0.05, 0) is 6.92 Å². The van der Waals surface area contributed by atoms with Crippen molar-refractivity contribution in [1.29, 1.82) is 0 Å². The maximum absolute atomic E-state index is 11.8. The van der Waals surface area contributed by atoms with E-state index in [-0.39, 0.29) is 0 Å². The Balaban J connectivity index is 2.35. The van der Waals surface area contributed by atoms with Crippen molar-refractivity contribution in [2.75, 3.05) is 6.54 Å². The van der Waals surface area contributed by atoms with E-state index in [2.05, 4.69) is 10.2 Å². The summed E-state index contributed by atoms with van der Waals surface area (Å²) in [6, 6.07) is -1.19. The van der Waals surface area contributed by atoms with Gasteiger partial charge in [-0.2, -0.15) is 13.2 Å². The van der Waals surface area contributed by atoms with Crippen molar-refractivity contribution in [3.8, 4) is 0 Å². The highest BCUT2D eigenvalue weighted by molar-refractivity contribution is 8.02. The average molecular weight is 314 g/mol. The summed E-state index contributed by atoms with van der Waals surface area (Å²) in [5.74, 6) is -0.708. The van der Waals surface area contributed by atoms with Crippen LogP contribution in [0.3, 0.4) is 0 Å². The molecule has 0 aromatic carbocycles. The second-order valence-corrected chi connectivity index (χ2v) is 5.67. The molecule has 106 valence electrons. The minimum Gasteiger partial charge on any atom is -0.329 e. The molecule has 19 heavy (non-hydrogen) atoms. The number of carbonyl (C=O) groups is 2. The molecule has 0 bridgehead atoms. The van der Waals surface area contributed by atoms with Crippen LogP contribution >= 0.6 is 23.1 Å². The van der Waals surface area contributed by atoms with Crippen molar-refractivity contribution in [2.45, 2.75) is 22.7 Å². The Hall–Kier alpha value is -1.36. The van der Waals surface area contributed by atoms with Gasteiger partial charge in [-0.3, -0.25) is 10.1 Å². The molecular weight excluding hydrogens is 305 g/mol. The summed E-state index contributed by atoms with van der Waals surface area (Å²) in [7, 11) is 0. The number of thioether (sulfide) groups is 1. The van der Waals surface area contributed by atoms with E-state index in [0.29, 0.717) is 4.34 Å². The smallest absolute Gasteiger partial charge is 0.329 e. The van der Waals surface area contributed by atoms with E-state index < -0.39 is 29.9 Å². The maximum Gasteiger partial charge on any atom is 0.405 e. The van der Waals surface area contributed by atoms with Crippen LogP contribution in [0.2, 0.25) is 0 Å². The molecule has 1 heterocycles. The zero-order valence-corrected chi connectivity index (χ0v) is 11.2. The first-order valence-corrected chi connectivity index (χ1v) is 6.62. The molecule has 1 aromatic rings. The summed E-state index contributed by atoms with van der Waals surface area (Å²) in [5, 5.41) is 9.92. The van der Waals surface area contributed by atoms with Crippen LogP contribution in [0.4, 0.5) is 18.0 Å². The van der Waals surface area contributed by atoms with Gasteiger partial charge >= 0.3 is 12.2 Å². The molecule has 0 saturated carbocycles. The number of carbonyl (C=O) groups excluding carboxylic acids is 2. The molecule has 1 aromatic heterocycles. The predicted molar refractivity (Wildman–Crippen MR) is 62.8 cm³/mol. The molecule has 0 spiro atoms. The molecule has 2 N–H and O–H groups in total. The van der Waals surface area contributed by atoms with Gasteiger partial charge in [0.25, 0.3) is 0 Å². The SMILES string of the molecule is C[C@H](Sc1nncs1)C(=O)NC(=O)NCC(F)(F)F. The monoisotopic (exact) mass is 314 g/mol. The lowest BCUT2D eigenvalue weighted by atomic mass is 10.4. The topological polar surface area (TPSA) is 84.0 Å². The fourth-order valence-corrected chi connectivity index (χ4v) is 2.48. The number of hydrogen-bond acceptors (Lipinski definition) is 6. The van der Waals surface area contributed by atoms with Crippen LogP contribution in [0.15, 0.2) is 9.85 Å². The van der Waals surface area contributed by atoms with Crippen molar-refractivity contribution in [2.24, 2.45) is 0 Å². The number of rotatable bonds is 4. The van der Waals surface area contributed by atoms with Gasteiger partial charge in [0.05, 0.1) is 5.25 Å². The summed E-state index contributed by atoms with van der Waals surface area (Å²) in [5.41, 5.74) is 1.48. The van der Waals surface area contributed by atoms with Crippen molar-refractivity contribution >= 4 is 35.0 Å². The van der Waals surface area contributed by atoms with Crippen LogP contribution in [-0.2, 0) is 4.79 Å². The molecule has 1 rings (SSSR count). The van der Waals surface area contributed by atoms with Crippen molar-refractivity contribution in [3.05, 3.63) is 5.51 Å². The number of amides is 3. The number of hydrogen-bond donors (Lipinski definition) is 2. The van der Waals surface area contributed by atoms with Crippen LogP contribution in [0.25, 0.3) is 0 Å². The number of nitrogens with zero attached hydrogens (tertiary/aromatic N) is 2. The van der Waals surface area contributed by atoms with E-state index in [0.717, 1.165) is 11.8 Å². The van der Waals surface area contributed by atoms with Crippen LogP contribution < -0.4 is 10.6 Å². The summed E-state index contributed by atoms with van der Waals surface area (Å²) in [6.07, 6.45) is -4.52. The van der Waals surface area contributed by atoms with E-state index in [1.54, 1.807) is 0 Å². The summed E-state index contributed by atoms with van der Waals surface area (Å²) < 4.78 is 36.0. The predicted octanol–water partition coefficient (Wildman–Crippen LogP) is 1.41. The highest BCUT2D eigenvalue weighted by atomic mass is 32.2. The molecule has 0 saturated heterocycles. The van der Waals surface area contributed by atoms with Gasteiger partial charge in [0.15, 0.2) is 4.34 Å². The van der Waals surface area contributed by atoms with Gasteiger partial charge in [-0.1, -0.05) is 23.1 Å². The minimum absolute atomic E-state index is 0.526. The number of urea groups is 1. The lowest BCUT2D eigenvalue weighted by Gasteiger charge is -2.11. The molecule has 0 fully saturated rings. The molecule has 0 radical (unpaired) electrons. The standard InChI is InChI=1S/C8H9F3N4O2S2/c1-4(19-7-15-13-3-18-7)5(16)14-6(17)12-2-8(9,10)11/h3-4H,2H2,1H3,(H2,12,14,16,17)/t4-/m0/s1. The highest BCUT2D eigenvalue weighted by Gasteiger charge is 2.28. The van der Waals surface area contributed by atoms with E-state index in [9.17, 15) is 22.8 Å². The zero-order chi connectivity index (χ0) is 14.5. The molecule has 3 amide bonds. The number of halogens is 3. The van der Waals surface area contributed by atoms with Gasteiger partial charge in [0.2, 0.25) is 5.91 Å². The van der Waals surface area contributed by atoms with Crippen molar-refractivity contribution < 1.29 is 22.8 Å². The normalized spacial score (nSPS) is 12.8. The first kappa shape index (κ1) is 15.7. The quantitative estimate of drug-likeness (QED) is 0.821. The first-order valence-electron chi connectivity index (χ1n) is 4.86. The van der Waals surface area contributed by atoms with Gasteiger partial charge in [-0.25, -0.2) is 4.79 Å². The Morgan fingerprint density at radius 3 is 2.74 bits per heavy atom. The number of aromatic nitrogens is 2. The van der Waals surface area contributed by atoms with Crippen LogP contribution in [-0.4, -0.2) is 40.1 Å². The number of nitrogens with one attached hydrogen (secondary N) is 2. The Morgan fingerprint density at radius 2 is 2.21 bits per heavy atom. The van der Waals surface area contributed by atoms with Gasteiger partial charge in [0.1, 0.15) is 12.1 Å².